The monoisotopic (exact) mass is 305 g/mol. The molecule has 1 aromatic carbocycles. The minimum absolute atomic E-state index is 0.600. The molecule has 0 atom stereocenters. The highest BCUT2D eigenvalue weighted by Gasteiger charge is 2.19. The van der Waals surface area contributed by atoms with Crippen LogP contribution in [0.2, 0.25) is 0 Å². The molecule has 0 radical (unpaired) electrons. The highest BCUT2D eigenvalue weighted by molar-refractivity contribution is 7.11. The molecule has 1 heterocycles. The molecule has 2 rings (SSSR count). The molecule has 0 fully saturated rings. The normalized spacial score (nSPS) is 11.7. The van der Waals surface area contributed by atoms with Crippen LogP contribution in [0.25, 0.3) is 0 Å². The summed E-state index contributed by atoms with van der Waals surface area (Å²) in [5.41, 5.74) is 2.84. The second-order valence-electron chi connectivity index (χ2n) is 5.98. The lowest BCUT2D eigenvalue weighted by Crippen LogP contribution is -2.12. The molecule has 1 aromatic heterocycles. The maximum atomic E-state index is 9.94. The Morgan fingerprint density at radius 3 is 2.57 bits per heavy atom. The van der Waals surface area contributed by atoms with Crippen molar-refractivity contribution in [3.63, 3.8) is 0 Å². The lowest BCUT2D eigenvalue weighted by atomic mass is 10.1. The third kappa shape index (κ3) is 4.05. The number of rotatable bonds is 5. The molecule has 4 heteroatoms. The summed E-state index contributed by atoms with van der Waals surface area (Å²) in [7, 11) is 0. The Hall–Kier alpha value is -1.39. The molecule has 2 aromatic rings. The van der Waals surface area contributed by atoms with E-state index in [-0.39, 0.29) is 0 Å². The molecule has 114 valence electrons. The molecule has 0 saturated carbocycles. The first-order valence-corrected chi connectivity index (χ1v) is 7.97. The Labute approximate surface area is 130 Å². The van der Waals surface area contributed by atoms with Crippen LogP contribution in [0.15, 0.2) is 18.3 Å². The Balaban J connectivity index is 1.97. The van der Waals surface area contributed by atoms with Gasteiger partial charge in [-0.15, -0.1) is 11.3 Å². The zero-order valence-electron chi connectivity index (χ0n) is 13.4. The molecular weight excluding hydrogens is 282 g/mol. The van der Waals surface area contributed by atoms with Crippen LogP contribution in [-0.2, 0) is 12.0 Å². The molecule has 21 heavy (non-hydrogen) atoms. The molecular formula is C17H23NO2S. The van der Waals surface area contributed by atoms with Gasteiger partial charge in [-0.25, -0.2) is 4.98 Å². The minimum atomic E-state index is -0.818. The van der Waals surface area contributed by atoms with E-state index in [1.165, 1.54) is 16.7 Å². The molecule has 0 spiro atoms. The van der Waals surface area contributed by atoms with Crippen molar-refractivity contribution in [2.24, 2.45) is 0 Å². The fourth-order valence-electron chi connectivity index (χ4n) is 2.11. The maximum Gasteiger partial charge on any atom is 0.122 e. The fraction of sp³-hybridized carbons (Fsp3) is 0.471. The maximum absolute atomic E-state index is 9.94. The lowest BCUT2D eigenvalue weighted by Gasteiger charge is -2.13. The summed E-state index contributed by atoms with van der Waals surface area (Å²) in [6, 6.07) is 4.24. The van der Waals surface area contributed by atoms with Gasteiger partial charge in [0, 0.05) is 12.6 Å². The van der Waals surface area contributed by atoms with E-state index in [2.05, 4.69) is 37.9 Å². The van der Waals surface area contributed by atoms with E-state index in [9.17, 15) is 5.11 Å². The van der Waals surface area contributed by atoms with Crippen molar-refractivity contribution in [3.8, 4) is 5.75 Å². The van der Waals surface area contributed by atoms with Crippen molar-refractivity contribution in [3.05, 3.63) is 44.9 Å². The van der Waals surface area contributed by atoms with Crippen LogP contribution >= 0.6 is 11.3 Å². The first kappa shape index (κ1) is 16.0. The van der Waals surface area contributed by atoms with E-state index in [1.807, 2.05) is 0 Å². The number of aromatic nitrogens is 1. The summed E-state index contributed by atoms with van der Waals surface area (Å²) in [4.78, 5) is 5.24. The first-order valence-electron chi connectivity index (χ1n) is 7.15. The number of aryl methyl sites for hydroxylation is 2. The van der Waals surface area contributed by atoms with Crippen molar-refractivity contribution >= 4 is 11.3 Å². The number of hydrogen-bond donors (Lipinski definition) is 1. The molecule has 0 aliphatic rings. The second-order valence-corrected chi connectivity index (χ2v) is 7.10. The molecule has 0 bridgehead atoms. The van der Waals surface area contributed by atoms with E-state index in [1.54, 1.807) is 31.4 Å². The van der Waals surface area contributed by atoms with Crippen LogP contribution in [0.4, 0.5) is 0 Å². The van der Waals surface area contributed by atoms with E-state index in [0.29, 0.717) is 6.61 Å². The predicted molar refractivity (Wildman–Crippen MR) is 87.2 cm³/mol. The van der Waals surface area contributed by atoms with Gasteiger partial charge in [0.25, 0.3) is 0 Å². The van der Waals surface area contributed by atoms with E-state index >= 15 is 0 Å². The van der Waals surface area contributed by atoms with Crippen LogP contribution < -0.4 is 4.74 Å². The third-order valence-corrected chi connectivity index (χ3v) is 4.86. The number of thiazole rings is 1. The number of ether oxygens (including phenoxy) is 1. The quantitative estimate of drug-likeness (QED) is 0.910. The van der Waals surface area contributed by atoms with Gasteiger partial charge in [0.15, 0.2) is 0 Å². The Kier molecular flexibility index (Phi) is 4.69. The zero-order chi connectivity index (χ0) is 15.6. The average Bonchev–Trinajstić information content (AvgIpc) is 2.83. The lowest BCUT2D eigenvalue weighted by molar-refractivity contribution is 0.0823. The third-order valence-electron chi connectivity index (χ3n) is 3.49. The summed E-state index contributed by atoms with van der Waals surface area (Å²) < 4.78 is 5.90. The van der Waals surface area contributed by atoms with Crippen molar-refractivity contribution < 1.29 is 9.84 Å². The summed E-state index contributed by atoms with van der Waals surface area (Å²) in [5, 5.41) is 10.9. The van der Waals surface area contributed by atoms with Crippen molar-refractivity contribution in [2.45, 2.75) is 46.6 Å². The fourth-order valence-corrected chi connectivity index (χ4v) is 3.01. The summed E-state index contributed by atoms with van der Waals surface area (Å²) >= 11 is 1.54. The van der Waals surface area contributed by atoms with Gasteiger partial charge in [-0.05, 0) is 57.4 Å². The number of hydrogen-bond acceptors (Lipinski definition) is 4. The van der Waals surface area contributed by atoms with Gasteiger partial charge in [0.05, 0.1) is 22.1 Å². The van der Waals surface area contributed by atoms with E-state index < -0.39 is 5.60 Å². The highest BCUT2D eigenvalue weighted by Crippen LogP contribution is 2.27. The smallest absolute Gasteiger partial charge is 0.122 e. The highest BCUT2D eigenvalue weighted by atomic mass is 32.1. The van der Waals surface area contributed by atoms with Gasteiger partial charge in [-0.2, -0.15) is 0 Å². The second kappa shape index (κ2) is 6.16. The van der Waals surface area contributed by atoms with E-state index in [0.717, 1.165) is 22.1 Å². The van der Waals surface area contributed by atoms with Crippen LogP contribution in [0, 0.1) is 20.8 Å². The van der Waals surface area contributed by atoms with Gasteiger partial charge in [-0.1, -0.05) is 6.07 Å². The van der Waals surface area contributed by atoms with Gasteiger partial charge < -0.3 is 9.84 Å². The standard InChI is InChI=1S/C17H23NO2S/c1-11-8-12(2)13(3)14(9-11)20-7-6-16-18-10-15(21-16)17(4,5)19/h8-10,19H,6-7H2,1-5H3. The predicted octanol–water partition coefficient (Wildman–Crippen LogP) is 3.92. The number of nitrogens with zero attached hydrogens (tertiary/aromatic N) is 1. The first-order chi connectivity index (χ1) is 9.77. The molecule has 0 aliphatic carbocycles. The molecule has 0 saturated heterocycles. The average molecular weight is 305 g/mol. The van der Waals surface area contributed by atoms with Crippen molar-refractivity contribution in [2.75, 3.05) is 6.61 Å². The van der Waals surface area contributed by atoms with Crippen molar-refractivity contribution in [1.82, 2.24) is 4.98 Å². The SMILES string of the molecule is Cc1cc(C)c(C)c(OCCc2ncc(C(C)(C)O)s2)c1. The summed E-state index contributed by atoms with van der Waals surface area (Å²) in [6.07, 6.45) is 2.51. The number of aliphatic hydroxyl groups is 1. The summed E-state index contributed by atoms with van der Waals surface area (Å²) in [5.74, 6) is 0.951. The number of benzene rings is 1. The van der Waals surface area contributed by atoms with Gasteiger partial charge in [0.2, 0.25) is 0 Å². The molecule has 3 nitrogen and oxygen atoms in total. The largest absolute Gasteiger partial charge is 0.493 e. The van der Waals surface area contributed by atoms with Gasteiger partial charge >= 0.3 is 0 Å². The van der Waals surface area contributed by atoms with Crippen molar-refractivity contribution in [1.29, 1.82) is 0 Å². The molecule has 0 amide bonds. The minimum Gasteiger partial charge on any atom is -0.493 e. The Morgan fingerprint density at radius 1 is 1.24 bits per heavy atom. The van der Waals surface area contributed by atoms with Crippen LogP contribution in [0.5, 0.6) is 5.75 Å². The van der Waals surface area contributed by atoms with Crippen LogP contribution in [0.3, 0.4) is 0 Å². The Bertz CT molecular complexity index is 626. The zero-order valence-corrected chi connectivity index (χ0v) is 14.2. The van der Waals surface area contributed by atoms with Crippen LogP contribution in [0.1, 0.15) is 40.4 Å². The summed E-state index contributed by atoms with van der Waals surface area (Å²) in [6.45, 7) is 10.4. The van der Waals surface area contributed by atoms with Gasteiger partial charge in [0.1, 0.15) is 5.75 Å². The molecule has 0 unspecified atom stereocenters. The van der Waals surface area contributed by atoms with Gasteiger partial charge in [-0.3, -0.25) is 0 Å². The van der Waals surface area contributed by atoms with Crippen LogP contribution in [-0.4, -0.2) is 16.7 Å². The molecule has 0 aliphatic heterocycles. The van der Waals surface area contributed by atoms with E-state index in [4.69, 9.17) is 4.74 Å². The molecule has 1 N–H and O–H groups in total. The Morgan fingerprint density at radius 2 is 1.95 bits per heavy atom. The topological polar surface area (TPSA) is 42.4 Å².